The van der Waals surface area contributed by atoms with Crippen molar-refractivity contribution < 1.29 is 14.3 Å². The highest BCUT2D eigenvalue weighted by Gasteiger charge is 2.29. The van der Waals surface area contributed by atoms with E-state index in [2.05, 4.69) is 5.32 Å². The summed E-state index contributed by atoms with van der Waals surface area (Å²) in [6.45, 7) is 4.03. The van der Waals surface area contributed by atoms with Gasteiger partial charge in [0.1, 0.15) is 5.75 Å². The number of rotatable bonds is 3. The SMILES string of the molecule is Cc1cc(C(=O)N2CCCC2)ccc1NC(=O)C1CN(C)c2ccccc2O1. The molecular weight excluding hydrogens is 354 g/mol. The first-order valence-electron chi connectivity index (χ1n) is 9.70. The maximum Gasteiger partial charge on any atom is 0.267 e. The molecule has 0 spiro atoms. The van der Waals surface area contributed by atoms with Gasteiger partial charge in [-0.25, -0.2) is 0 Å². The summed E-state index contributed by atoms with van der Waals surface area (Å²) in [5, 5.41) is 2.95. The van der Waals surface area contributed by atoms with Crippen LogP contribution in [0.2, 0.25) is 0 Å². The van der Waals surface area contributed by atoms with Gasteiger partial charge in [-0.1, -0.05) is 12.1 Å². The zero-order valence-electron chi connectivity index (χ0n) is 16.3. The summed E-state index contributed by atoms with van der Waals surface area (Å²) in [7, 11) is 1.95. The smallest absolute Gasteiger partial charge is 0.267 e. The number of hydrogen-bond acceptors (Lipinski definition) is 4. The predicted molar refractivity (Wildman–Crippen MR) is 109 cm³/mol. The topological polar surface area (TPSA) is 61.9 Å². The molecule has 2 aromatic rings. The summed E-state index contributed by atoms with van der Waals surface area (Å²) < 4.78 is 5.89. The van der Waals surface area contributed by atoms with E-state index in [4.69, 9.17) is 4.74 Å². The molecule has 1 atom stereocenters. The van der Waals surface area contributed by atoms with Crippen molar-refractivity contribution in [3.8, 4) is 5.75 Å². The third-order valence-corrected chi connectivity index (χ3v) is 5.40. The van der Waals surface area contributed by atoms with Gasteiger partial charge in [0, 0.05) is 31.4 Å². The number of nitrogens with zero attached hydrogens (tertiary/aromatic N) is 2. The van der Waals surface area contributed by atoms with Crippen LogP contribution in [0.15, 0.2) is 42.5 Å². The predicted octanol–water partition coefficient (Wildman–Crippen LogP) is 3.07. The number of aryl methyl sites for hydroxylation is 1. The number of hydrogen-bond donors (Lipinski definition) is 1. The average Bonchev–Trinajstić information content (AvgIpc) is 3.23. The van der Waals surface area contributed by atoms with E-state index >= 15 is 0 Å². The number of carbonyl (C=O) groups excluding carboxylic acids is 2. The average molecular weight is 379 g/mol. The molecule has 146 valence electrons. The lowest BCUT2D eigenvalue weighted by Crippen LogP contribution is -2.45. The van der Waals surface area contributed by atoms with Gasteiger partial charge in [0.25, 0.3) is 11.8 Å². The summed E-state index contributed by atoms with van der Waals surface area (Å²) in [4.78, 5) is 29.2. The molecule has 4 rings (SSSR count). The normalized spacial score (nSPS) is 18.4. The third kappa shape index (κ3) is 3.54. The Labute approximate surface area is 165 Å². The van der Waals surface area contributed by atoms with E-state index in [9.17, 15) is 9.59 Å². The van der Waals surface area contributed by atoms with Crippen LogP contribution in [0.25, 0.3) is 0 Å². The molecule has 1 unspecified atom stereocenters. The second-order valence-corrected chi connectivity index (χ2v) is 7.47. The molecule has 6 heteroatoms. The number of nitrogens with one attached hydrogen (secondary N) is 1. The minimum atomic E-state index is -0.592. The number of ether oxygens (including phenoxy) is 1. The van der Waals surface area contributed by atoms with Gasteiger partial charge in [-0.3, -0.25) is 9.59 Å². The fourth-order valence-electron chi connectivity index (χ4n) is 3.80. The van der Waals surface area contributed by atoms with E-state index in [0.29, 0.717) is 23.5 Å². The van der Waals surface area contributed by atoms with Gasteiger partial charge in [0.05, 0.1) is 12.2 Å². The Morgan fingerprint density at radius 3 is 2.61 bits per heavy atom. The molecule has 0 aromatic heterocycles. The molecule has 6 nitrogen and oxygen atoms in total. The molecule has 0 bridgehead atoms. The number of carbonyl (C=O) groups is 2. The Morgan fingerprint density at radius 1 is 1.11 bits per heavy atom. The van der Waals surface area contributed by atoms with Crippen molar-refractivity contribution in [3.05, 3.63) is 53.6 Å². The highest BCUT2D eigenvalue weighted by molar-refractivity contribution is 5.98. The second kappa shape index (κ2) is 7.54. The van der Waals surface area contributed by atoms with Crippen LogP contribution in [0, 0.1) is 6.92 Å². The molecule has 2 aromatic carbocycles. The number of likely N-dealkylation sites (tertiary alicyclic amines) is 1. The number of para-hydroxylation sites is 2. The second-order valence-electron chi connectivity index (χ2n) is 7.47. The zero-order valence-corrected chi connectivity index (χ0v) is 16.3. The third-order valence-electron chi connectivity index (χ3n) is 5.40. The molecular formula is C22H25N3O3. The largest absolute Gasteiger partial charge is 0.477 e. The first kappa shape index (κ1) is 18.3. The molecule has 2 aliphatic heterocycles. The van der Waals surface area contributed by atoms with Crippen LogP contribution < -0.4 is 15.0 Å². The van der Waals surface area contributed by atoms with E-state index in [1.165, 1.54) is 0 Å². The molecule has 0 saturated carbocycles. The molecule has 28 heavy (non-hydrogen) atoms. The zero-order chi connectivity index (χ0) is 19.7. The lowest BCUT2D eigenvalue weighted by molar-refractivity contribution is -0.122. The van der Waals surface area contributed by atoms with Crippen molar-refractivity contribution in [2.45, 2.75) is 25.9 Å². The Kier molecular flexibility index (Phi) is 4.94. The van der Waals surface area contributed by atoms with E-state index in [1.807, 2.05) is 54.1 Å². The van der Waals surface area contributed by atoms with Crippen LogP contribution in [0.1, 0.15) is 28.8 Å². The highest BCUT2D eigenvalue weighted by atomic mass is 16.5. The fraction of sp³-hybridized carbons (Fsp3) is 0.364. The molecule has 1 fully saturated rings. The fourth-order valence-corrected chi connectivity index (χ4v) is 3.80. The maximum atomic E-state index is 12.8. The minimum Gasteiger partial charge on any atom is -0.477 e. The molecule has 1 saturated heterocycles. The van der Waals surface area contributed by atoms with Gasteiger partial charge >= 0.3 is 0 Å². The quantitative estimate of drug-likeness (QED) is 0.890. The van der Waals surface area contributed by atoms with E-state index in [0.717, 1.165) is 37.2 Å². The number of likely N-dealkylation sites (N-methyl/N-ethyl adjacent to an activating group) is 1. The van der Waals surface area contributed by atoms with E-state index < -0.39 is 6.10 Å². The summed E-state index contributed by atoms with van der Waals surface area (Å²) in [6, 6.07) is 13.1. The van der Waals surface area contributed by atoms with Gasteiger partial charge in [-0.2, -0.15) is 0 Å². The van der Waals surface area contributed by atoms with Crippen molar-refractivity contribution in [3.63, 3.8) is 0 Å². The Balaban J connectivity index is 1.45. The van der Waals surface area contributed by atoms with Crippen LogP contribution in [0.3, 0.4) is 0 Å². The van der Waals surface area contributed by atoms with Crippen LogP contribution in [0.5, 0.6) is 5.75 Å². The first-order chi connectivity index (χ1) is 13.5. The van der Waals surface area contributed by atoms with Crippen molar-refractivity contribution in [1.82, 2.24) is 4.90 Å². The minimum absolute atomic E-state index is 0.0623. The number of amides is 2. The van der Waals surface area contributed by atoms with Crippen molar-refractivity contribution >= 4 is 23.2 Å². The lowest BCUT2D eigenvalue weighted by Gasteiger charge is -2.33. The van der Waals surface area contributed by atoms with E-state index in [-0.39, 0.29) is 11.8 Å². The first-order valence-corrected chi connectivity index (χ1v) is 9.70. The standard InChI is InChI=1S/C22H25N3O3/c1-15-13-16(22(27)25-11-5-6-12-25)9-10-17(15)23-21(26)20-14-24(2)18-7-3-4-8-19(18)28-20/h3-4,7-10,13,20H,5-6,11-12,14H2,1-2H3,(H,23,26). The summed E-state index contributed by atoms with van der Waals surface area (Å²) in [5.74, 6) is 0.579. The van der Waals surface area contributed by atoms with Crippen LogP contribution >= 0.6 is 0 Å². The van der Waals surface area contributed by atoms with Gasteiger partial charge in [-0.15, -0.1) is 0 Å². The number of benzene rings is 2. The molecule has 2 heterocycles. The van der Waals surface area contributed by atoms with Crippen LogP contribution in [0.4, 0.5) is 11.4 Å². The van der Waals surface area contributed by atoms with Crippen LogP contribution in [-0.4, -0.2) is 49.5 Å². The van der Waals surface area contributed by atoms with Crippen molar-refractivity contribution in [2.75, 3.05) is 36.9 Å². The van der Waals surface area contributed by atoms with Crippen molar-refractivity contribution in [2.24, 2.45) is 0 Å². The summed E-state index contributed by atoms with van der Waals surface area (Å²) in [5.41, 5.74) is 3.21. The number of anilines is 2. The lowest BCUT2D eigenvalue weighted by atomic mass is 10.1. The Morgan fingerprint density at radius 2 is 1.86 bits per heavy atom. The highest BCUT2D eigenvalue weighted by Crippen LogP contribution is 2.32. The number of fused-ring (bicyclic) bond motifs is 1. The van der Waals surface area contributed by atoms with Gasteiger partial charge < -0.3 is 19.9 Å². The Bertz CT molecular complexity index is 906. The van der Waals surface area contributed by atoms with Crippen molar-refractivity contribution in [1.29, 1.82) is 0 Å². The molecule has 0 aliphatic carbocycles. The van der Waals surface area contributed by atoms with E-state index in [1.54, 1.807) is 12.1 Å². The Hall–Kier alpha value is -3.02. The summed E-state index contributed by atoms with van der Waals surface area (Å²) in [6.07, 6.45) is 1.54. The van der Waals surface area contributed by atoms with Gasteiger partial charge in [-0.05, 0) is 55.7 Å². The van der Waals surface area contributed by atoms with Crippen LogP contribution in [-0.2, 0) is 4.79 Å². The maximum absolute atomic E-state index is 12.8. The molecule has 1 N–H and O–H groups in total. The molecule has 0 radical (unpaired) electrons. The monoisotopic (exact) mass is 379 g/mol. The van der Waals surface area contributed by atoms with Gasteiger partial charge in [0.2, 0.25) is 0 Å². The summed E-state index contributed by atoms with van der Waals surface area (Å²) >= 11 is 0. The van der Waals surface area contributed by atoms with Gasteiger partial charge in [0.15, 0.2) is 6.10 Å². The molecule has 2 aliphatic rings. The molecule has 2 amide bonds.